The van der Waals surface area contributed by atoms with Gasteiger partial charge in [-0.05, 0) is 43.5 Å². The van der Waals surface area contributed by atoms with E-state index in [1.165, 1.54) is 11.3 Å². The molecule has 0 saturated heterocycles. The molecular formula is C17H20N3+. The Morgan fingerprint density at radius 2 is 1.80 bits per heavy atom. The maximum absolute atomic E-state index is 6.32. The number of anilines is 1. The molecule has 102 valence electrons. The van der Waals surface area contributed by atoms with Gasteiger partial charge in [0.25, 0.3) is 0 Å². The van der Waals surface area contributed by atoms with Gasteiger partial charge in [0.05, 0.1) is 11.7 Å². The van der Waals surface area contributed by atoms with Crippen molar-refractivity contribution in [2.75, 3.05) is 5.32 Å². The molecule has 3 heteroatoms. The van der Waals surface area contributed by atoms with Crippen molar-refractivity contribution in [2.24, 2.45) is 5.73 Å². The van der Waals surface area contributed by atoms with Gasteiger partial charge in [0.1, 0.15) is 5.69 Å². The highest BCUT2D eigenvalue weighted by Gasteiger charge is 2.25. The van der Waals surface area contributed by atoms with E-state index in [1.807, 2.05) is 30.3 Å². The minimum absolute atomic E-state index is 0.404. The average Bonchev–Trinajstić information content (AvgIpc) is 2.48. The topological polar surface area (TPSA) is 41.1 Å². The lowest BCUT2D eigenvalue weighted by atomic mass is 9.98. The molecule has 2 aromatic carbocycles. The summed E-state index contributed by atoms with van der Waals surface area (Å²) in [5, 5.41) is 3.30. The average molecular weight is 266 g/mol. The SMILES string of the molecule is C[C@H]1CCc2ccccc2[N+]1=C(N)Nc1ccccc1. The van der Waals surface area contributed by atoms with Crippen LogP contribution in [0.1, 0.15) is 18.9 Å². The van der Waals surface area contributed by atoms with Gasteiger partial charge >= 0.3 is 5.96 Å². The second kappa shape index (κ2) is 5.37. The number of guanidine groups is 1. The van der Waals surface area contributed by atoms with Crippen LogP contribution in [0.4, 0.5) is 11.4 Å². The molecule has 1 atom stereocenters. The predicted molar refractivity (Wildman–Crippen MR) is 83.4 cm³/mol. The first-order valence-corrected chi connectivity index (χ1v) is 7.07. The lowest BCUT2D eigenvalue weighted by Crippen LogP contribution is -2.39. The molecule has 0 unspecified atom stereocenters. The first kappa shape index (κ1) is 12.7. The molecule has 3 rings (SSSR count). The molecule has 0 radical (unpaired) electrons. The zero-order valence-electron chi connectivity index (χ0n) is 11.7. The van der Waals surface area contributed by atoms with Gasteiger partial charge in [0, 0.05) is 0 Å². The van der Waals surface area contributed by atoms with E-state index in [0.717, 1.165) is 18.5 Å². The van der Waals surface area contributed by atoms with Crippen LogP contribution in [-0.4, -0.2) is 16.6 Å². The third-order valence-corrected chi connectivity index (χ3v) is 3.83. The number of benzene rings is 2. The number of nitrogens with two attached hydrogens (primary N) is 1. The van der Waals surface area contributed by atoms with Crippen molar-refractivity contribution in [3.05, 3.63) is 60.2 Å². The van der Waals surface area contributed by atoms with E-state index >= 15 is 0 Å². The minimum atomic E-state index is 0.404. The van der Waals surface area contributed by atoms with Crippen molar-refractivity contribution < 1.29 is 4.58 Å². The molecule has 2 aromatic rings. The Labute approximate surface area is 119 Å². The summed E-state index contributed by atoms with van der Waals surface area (Å²) in [7, 11) is 0. The van der Waals surface area contributed by atoms with Gasteiger partial charge < -0.3 is 0 Å². The van der Waals surface area contributed by atoms with Gasteiger partial charge in [-0.3, -0.25) is 5.73 Å². The number of rotatable bonds is 1. The highest BCUT2D eigenvalue weighted by atomic mass is 15.2. The second-order valence-corrected chi connectivity index (χ2v) is 5.26. The Bertz CT molecular complexity index is 632. The normalized spacial score (nSPS) is 20.1. The molecule has 0 bridgehead atoms. The van der Waals surface area contributed by atoms with E-state index in [9.17, 15) is 0 Å². The fourth-order valence-electron chi connectivity index (χ4n) is 2.78. The monoisotopic (exact) mass is 266 g/mol. The zero-order chi connectivity index (χ0) is 13.9. The number of hydrogen-bond donors (Lipinski definition) is 2. The number of fused-ring (bicyclic) bond motifs is 1. The molecule has 0 saturated carbocycles. The smallest absolute Gasteiger partial charge is 0.290 e. The van der Waals surface area contributed by atoms with E-state index < -0.39 is 0 Å². The third-order valence-electron chi connectivity index (χ3n) is 3.83. The summed E-state index contributed by atoms with van der Waals surface area (Å²) in [5.74, 6) is 0.691. The van der Waals surface area contributed by atoms with Crippen LogP contribution >= 0.6 is 0 Å². The van der Waals surface area contributed by atoms with E-state index in [2.05, 4.69) is 41.1 Å². The van der Waals surface area contributed by atoms with Crippen molar-refractivity contribution >= 4 is 17.3 Å². The third kappa shape index (κ3) is 2.39. The molecule has 3 nitrogen and oxygen atoms in total. The van der Waals surface area contributed by atoms with Crippen LogP contribution in [0, 0.1) is 0 Å². The lowest BCUT2D eigenvalue weighted by Gasteiger charge is -2.25. The highest BCUT2D eigenvalue weighted by molar-refractivity contribution is 5.89. The Morgan fingerprint density at radius 1 is 1.10 bits per heavy atom. The second-order valence-electron chi connectivity index (χ2n) is 5.26. The lowest BCUT2D eigenvalue weighted by molar-refractivity contribution is -0.487. The first-order chi connectivity index (χ1) is 9.75. The van der Waals surface area contributed by atoms with Crippen LogP contribution in [0.5, 0.6) is 0 Å². The largest absolute Gasteiger partial charge is 0.353 e. The molecule has 0 spiro atoms. The van der Waals surface area contributed by atoms with E-state index in [-0.39, 0.29) is 0 Å². The number of hydrogen-bond acceptors (Lipinski definition) is 0. The maximum Gasteiger partial charge on any atom is 0.353 e. The molecule has 1 aliphatic heterocycles. The van der Waals surface area contributed by atoms with Gasteiger partial charge in [-0.25, -0.2) is 9.89 Å². The highest BCUT2D eigenvalue weighted by Crippen LogP contribution is 2.28. The summed E-state index contributed by atoms with van der Waals surface area (Å²) in [6.45, 7) is 2.22. The Hall–Kier alpha value is -2.29. The van der Waals surface area contributed by atoms with Crippen molar-refractivity contribution in [3.8, 4) is 0 Å². The molecule has 0 amide bonds. The van der Waals surface area contributed by atoms with Crippen molar-refractivity contribution in [1.82, 2.24) is 0 Å². The zero-order valence-corrected chi connectivity index (χ0v) is 11.7. The summed E-state index contributed by atoms with van der Waals surface area (Å²) >= 11 is 0. The predicted octanol–water partition coefficient (Wildman–Crippen LogP) is 3.09. The van der Waals surface area contributed by atoms with Crippen LogP contribution in [-0.2, 0) is 6.42 Å². The molecule has 0 fully saturated rings. The Kier molecular flexibility index (Phi) is 3.42. The summed E-state index contributed by atoms with van der Waals surface area (Å²) in [5.41, 5.74) is 9.91. The van der Waals surface area contributed by atoms with E-state index in [0.29, 0.717) is 12.0 Å². The number of nitrogens with one attached hydrogen (secondary N) is 1. The number of nitrogens with zero attached hydrogens (tertiary/aromatic N) is 1. The number of para-hydroxylation sites is 2. The molecular weight excluding hydrogens is 246 g/mol. The molecule has 20 heavy (non-hydrogen) atoms. The van der Waals surface area contributed by atoms with Crippen molar-refractivity contribution in [3.63, 3.8) is 0 Å². The van der Waals surface area contributed by atoms with Crippen LogP contribution in [0.3, 0.4) is 0 Å². The minimum Gasteiger partial charge on any atom is -0.290 e. The van der Waals surface area contributed by atoms with Crippen molar-refractivity contribution in [1.29, 1.82) is 0 Å². The Balaban J connectivity index is 2.00. The van der Waals surface area contributed by atoms with Gasteiger partial charge in [-0.15, -0.1) is 0 Å². The molecule has 0 aliphatic carbocycles. The van der Waals surface area contributed by atoms with Gasteiger partial charge in [-0.2, -0.15) is 0 Å². The van der Waals surface area contributed by atoms with E-state index in [4.69, 9.17) is 5.73 Å². The molecule has 1 aliphatic rings. The standard InChI is InChI=1S/C17H19N3/c1-13-11-12-14-7-5-6-10-16(14)20(13)17(18)19-15-8-3-2-4-9-15/h2-10,13H,11-12H2,1H3,(H2,18,19)/p+1/t13-/m0/s1. The molecule has 1 heterocycles. The van der Waals surface area contributed by atoms with Gasteiger partial charge in [-0.1, -0.05) is 36.4 Å². The van der Waals surface area contributed by atoms with Gasteiger partial charge in [0.2, 0.25) is 0 Å². The fraction of sp³-hybridized carbons (Fsp3) is 0.235. The summed E-state index contributed by atoms with van der Waals surface area (Å²) in [4.78, 5) is 0. The van der Waals surface area contributed by atoms with Crippen LogP contribution in [0.25, 0.3) is 0 Å². The number of aryl methyl sites for hydroxylation is 1. The van der Waals surface area contributed by atoms with Crippen LogP contribution < -0.4 is 11.1 Å². The van der Waals surface area contributed by atoms with Crippen LogP contribution in [0.2, 0.25) is 0 Å². The maximum atomic E-state index is 6.32. The summed E-state index contributed by atoms with van der Waals surface area (Å²) in [6.07, 6.45) is 2.24. The first-order valence-electron chi connectivity index (χ1n) is 7.07. The fourth-order valence-corrected chi connectivity index (χ4v) is 2.78. The summed E-state index contributed by atoms with van der Waals surface area (Å²) < 4.78 is 2.20. The molecule has 3 N–H and O–H groups in total. The Morgan fingerprint density at radius 3 is 2.60 bits per heavy atom. The van der Waals surface area contributed by atoms with E-state index in [1.54, 1.807) is 0 Å². The quantitative estimate of drug-likeness (QED) is 0.615. The van der Waals surface area contributed by atoms with Gasteiger partial charge in [0.15, 0.2) is 0 Å². The summed E-state index contributed by atoms with van der Waals surface area (Å²) in [6, 6.07) is 18.9. The molecule has 0 aromatic heterocycles. The van der Waals surface area contributed by atoms with Crippen LogP contribution in [0.15, 0.2) is 54.6 Å². The van der Waals surface area contributed by atoms with Crippen molar-refractivity contribution in [2.45, 2.75) is 25.8 Å².